The van der Waals surface area contributed by atoms with Gasteiger partial charge in [0.2, 0.25) is 0 Å². The summed E-state index contributed by atoms with van der Waals surface area (Å²) in [5.74, 6) is 0.747. The third-order valence-corrected chi connectivity index (χ3v) is 3.72. The Hall–Kier alpha value is -3.16. The Morgan fingerprint density at radius 2 is 1.59 bits per heavy atom. The molecule has 0 radical (unpaired) electrons. The monoisotopic (exact) mass is 376 g/mol. The standard InChI is InChI=1S/C19H16F4N4/c1-12-25-17(24-11-13-6-8-14(20)9-7-13)10-18(26-12)27-16-5-3-2-4-15(16)19(21,22)23/h2-10H,11H2,1H3,(H2,24,25,26,27). The molecule has 0 aliphatic rings. The Labute approximate surface area is 153 Å². The molecule has 140 valence electrons. The minimum absolute atomic E-state index is 0.0902. The van der Waals surface area contributed by atoms with Crippen LogP contribution in [0.2, 0.25) is 0 Å². The number of para-hydroxylation sites is 1. The maximum absolute atomic E-state index is 13.1. The normalized spacial score (nSPS) is 11.3. The molecule has 0 saturated carbocycles. The molecule has 0 aliphatic carbocycles. The van der Waals surface area contributed by atoms with Crippen LogP contribution in [0.3, 0.4) is 0 Å². The molecular weight excluding hydrogens is 360 g/mol. The Morgan fingerprint density at radius 1 is 0.926 bits per heavy atom. The van der Waals surface area contributed by atoms with Crippen LogP contribution in [-0.4, -0.2) is 9.97 Å². The van der Waals surface area contributed by atoms with Gasteiger partial charge in [-0.2, -0.15) is 13.2 Å². The summed E-state index contributed by atoms with van der Waals surface area (Å²) in [6, 6.07) is 12.7. The van der Waals surface area contributed by atoms with Crippen LogP contribution < -0.4 is 10.6 Å². The van der Waals surface area contributed by atoms with Crippen LogP contribution in [0, 0.1) is 12.7 Å². The number of anilines is 3. The van der Waals surface area contributed by atoms with Crippen molar-refractivity contribution in [2.75, 3.05) is 10.6 Å². The van der Waals surface area contributed by atoms with E-state index in [4.69, 9.17) is 0 Å². The highest BCUT2D eigenvalue weighted by molar-refractivity contribution is 5.63. The summed E-state index contributed by atoms with van der Waals surface area (Å²) in [7, 11) is 0. The molecule has 0 amide bonds. The highest BCUT2D eigenvalue weighted by Crippen LogP contribution is 2.35. The van der Waals surface area contributed by atoms with E-state index in [0.717, 1.165) is 11.6 Å². The zero-order valence-corrected chi connectivity index (χ0v) is 14.3. The lowest BCUT2D eigenvalue weighted by Gasteiger charge is -2.15. The fraction of sp³-hybridized carbons (Fsp3) is 0.158. The van der Waals surface area contributed by atoms with Crippen LogP contribution in [0.15, 0.2) is 54.6 Å². The Balaban J connectivity index is 1.79. The van der Waals surface area contributed by atoms with Crippen molar-refractivity contribution in [3.63, 3.8) is 0 Å². The second kappa shape index (κ2) is 7.61. The van der Waals surface area contributed by atoms with E-state index in [9.17, 15) is 17.6 Å². The van der Waals surface area contributed by atoms with Gasteiger partial charge in [-0.05, 0) is 36.8 Å². The first-order chi connectivity index (χ1) is 12.8. The molecule has 0 bridgehead atoms. The second-order valence-corrected chi connectivity index (χ2v) is 5.83. The first-order valence-electron chi connectivity index (χ1n) is 8.08. The van der Waals surface area contributed by atoms with Crippen LogP contribution in [0.1, 0.15) is 17.0 Å². The van der Waals surface area contributed by atoms with Crippen molar-refractivity contribution in [3.05, 3.63) is 77.4 Å². The number of hydrogen-bond acceptors (Lipinski definition) is 4. The molecule has 8 heteroatoms. The molecule has 0 saturated heterocycles. The fourth-order valence-corrected chi connectivity index (χ4v) is 2.49. The zero-order chi connectivity index (χ0) is 19.4. The predicted octanol–water partition coefficient (Wildman–Crippen LogP) is 5.30. The van der Waals surface area contributed by atoms with Gasteiger partial charge >= 0.3 is 6.18 Å². The molecule has 1 aromatic heterocycles. The van der Waals surface area contributed by atoms with Crippen molar-refractivity contribution < 1.29 is 17.6 Å². The molecule has 3 aromatic rings. The van der Waals surface area contributed by atoms with Crippen LogP contribution >= 0.6 is 0 Å². The molecule has 0 atom stereocenters. The molecule has 1 heterocycles. The Morgan fingerprint density at radius 3 is 2.30 bits per heavy atom. The van der Waals surface area contributed by atoms with E-state index in [2.05, 4.69) is 20.6 Å². The van der Waals surface area contributed by atoms with E-state index in [-0.39, 0.29) is 17.3 Å². The van der Waals surface area contributed by atoms with Gasteiger partial charge in [0.05, 0.1) is 11.3 Å². The number of hydrogen-bond donors (Lipinski definition) is 2. The molecule has 3 rings (SSSR count). The Kier molecular flexibility index (Phi) is 5.25. The Bertz CT molecular complexity index is 924. The number of benzene rings is 2. The van der Waals surface area contributed by atoms with Crippen molar-refractivity contribution in [3.8, 4) is 0 Å². The molecular formula is C19H16F4N4. The molecule has 0 aliphatic heterocycles. The largest absolute Gasteiger partial charge is 0.418 e. The third-order valence-electron chi connectivity index (χ3n) is 3.72. The summed E-state index contributed by atoms with van der Waals surface area (Å²) in [6.45, 7) is 2.03. The highest BCUT2D eigenvalue weighted by Gasteiger charge is 2.33. The highest BCUT2D eigenvalue weighted by atomic mass is 19.4. The van der Waals surface area contributed by atoms with E-state index < -0.39 is 11.7 Å². The van der Waals surface area contributed by atoms with Gasteiger partial charge in [0.15, 0.2) is 0 Å². The van der Waals surface area contributed by atoms with Crippen LogP contribution in [0.5, 0.6) is 0 Å². The number of rotatable bonds is 5. The second-order valence-electron chi connectivity index (χ2n) is 5.83. The molecule has 4 nitrogen and oxygen atoms in total. The molecule has 0 fully saturated rings. The van der Waals surface area contributed by atoms with Gasteiger partial charge < -0.3 is 10.6 Å². The van der Waals surface area contributed by atoms with Crippen LogP contribution in [0.4, 0.5) is 34.9 Å². The van der Waals surface area contributed by atoms with Crippen molar-refractivity contribution in [1.29, 1.82) is 0 Å². The van der Waals surface area contributed by atoms with E-state index >= 15 is 0 Å². The summed E-state index contributed by atoms with van der Waals surface area (Å²) in [5.41, 5.74) is -0.0285. The van der Waals surface area contributed by atoms with Gasteiger partial charge in [-0.1, -0.05) is 24.3 Å². The molecule has 27 heavy (non-hydrogen) atoms. The van der Waals surface area contributed by atoms with Gasteiger partial charge in [0.25, 0.3) is 0 Å². The van der Waals surface area contributed by atoms with Crippen molar-refractivity contribution in [2.24, 2.45) is 0 Å². The number of nitrogens with one attached hydrogen (secondary N) is 2. The summed E-state index contributed by atoms with van der Waals surface area (Å²) in [5, 5.41) is 5.76. The zero-order valence-electron chi connectivity index (χ0n) is 14.3. The quantitative estimate of drug-likeness (QED) is 0.594. The lowest BCUT2D eigenvalue weighted by molar-refractivity contribution is -0.136. The fourth-order valence-electron chi connectivity index (χ4n) is 2.49. The van der Waals surface area contributed by atoms with Crippen LogP contribution in [-0.2, 0) is 12.7 Å². The molecule has 0 unspecified atom stereocenters. The first kappa shape index (κ1) is 18.6. The van der Waals surface area contributed by atoms with E-state index in [1.807, 2.05) is 0 Å². The maximum atomic E-state index is 13.1. The lowest BCUT2D eigenvalue weighted by atomic mass is 10.1. The van der Waals surface area contributed by atoms with E-state index in [1.54, 1.807) is 19.1 Å². The maximum Gasteiger partial charge on any atom is 0.418 e. The number of aromatic nitrogens is 2. The van der Waals surface area contributed by atoms with Gasteiger partial charge in [-0.15, -0.1) is 0 Å². The van der Waals surface area contributed by atoms with Gasteiger partial charge in [0, 0.05) is 12.6 Å². The topological polar surface area (TPSA) is 49.8 Å². The van der Waals surface area contributed by atoms with Crippen molar-refractivity contribution >= 4 is 17.3 Å². The van der Waals surface area contributed by atoms with Gasteiger partial charge in [-0.3, -0.25) is 0 Å². The van der Waals surface area contributed by atoms with Crippen molar-refractivity contribution in [2.45, 2.75) is 19.6 Å². The molecule has 0 spiro atoms. The van der Waals surface area contributed by atoms with E-state index in [0.29, 0.717) is 18.2 Å². The van der Waals surface area contributed by atoms with Crippen LogP contribution in [0.25, 0.3) is 0 Å². The van der Waals surface area contributed by atoms with Gasteiger partial charge in [-0.25, -0.2) is 14.4 Å². The minimum atomic E-state index is -4.48. The average molecular weight is 376 g/mol. The molecule has 2 N–H and O–H groups in total. The number of aryl methyl sites for hydroxylation is 1. The third kappa shape index (κ3) is 4.93. The number of nitrogens with zero attached hydrogens (tertiary/aromatic N) is 2. The number of halogens is 4. The summed E-state index contributed by atoms with van der Waals surface area (Å²) in [6.07, 6.45) is -4.48. The van der Waals surface area contributed by atoms with Gasteiger partial charge in [0.1, 0.15) is 23.3 Å². The lowest BCUT2D eigenvalue weighted by Crippen LogP contribution is -2.10. The first-order valence-corrected chi connectivity index (χ1v) is 8.08. The smallest absolute Gasteiger partial charge is 0.366 e. The van der Waals surface area contributed by atoms with Crippen molar-refractivity contribution in [1.82, 2.24) is 9.97 Å². The predicted molar refractivity (Wildman–Crippen MR) is 95.2 cm³/mol. The minimum Gasteiger partial charge on any atom is -0.366 e. The average Bonchev–Trinajstić information content (AvgIpc) is 2.60. The summed E-state index contributed by atoms with van der Waals surface area (Å²) in [4.78, 5) is 8.36. The summed E-state index contributed by atoms with van der Waals surface area (Å²) < 4.78 is 52.4. The molecule has 2 aromatic carbocycles. The SMILES string of the molecule is Cc1nc(NCc2ccc(F)cc2)cc(Nc2ccccc2C(F)(F)F)n1. The van der Waals surface area contributed by atoms with E-state index in [1.165, 1.54) is 36.4 Å². The number of alkyl halides is 3. The summed E-state index contributed by atoms with van der Waals surface area (Å²) >= 11 is 0.